The number of ether oxygens (including phenoxy) is 1. The van der Waals surface area contributed by atoms with Crippen molar-refractivity contribution >= 4 is 6.29 Å². The largest absolute Gasteiger partial charge is 0.490 e. The highest BCUT2D eigenvalue weighted by Gasteiger charge is 1.93. The summed E-state index contributed by atoms with van der Waals surface area (Å²) in [7, 11) is 0. The van der Waals surface area contributed by atoms with Gasteiger partial charge >= 0.3 is 0 Å². The summed E-state index contributed by atoms with van der Waals surface area (Å²) in [6, 6.07) is 7.09. The fraction of sp³-hybridized carbons (Fsp3) is 0.182. The minimum absolute atomic E-state index is 0.540. The van der Waals surface area contributed by atoms with Gasteiger partial charge in [-0.25, -0.2) is 0 Å². The van der Waals surface area contributed by atoms with E-state index in [0.717, 1.165) is 12.0 Å². The molecule has 1 aromatic rings. The van der Waals surface area contributed by atoms with Crippen molar-refractivity contribution in [1.29, 1.82) is 0 Å². The highest BCUT2D eigenvalue weighted by molar-refractivity contribution is 5.75. The zero-order valence-corrected chi connectivity index (χ0v) is 7.57. The van der Waals surface area contributed by atoms with Gasteiger partial charge in [0.2, 0.25) is 0 Å². The lowest BCUT2D eigenvalue weighted by atomic mass is 10.2. The molecule has 2 heteroatoms. The Labute approximate surface area is 77.8 Å². The van der Waals surface area contributed by atoms with Crippen LogP contribution in [0.2, 0.25) is 0 Å². The third kappa shape index (κ3) is 3.11. The number of allylic oxidation sites excluding steroid dienone is 1. The van der Waals surface area contributed by atoms with Crippen molar-refractivity contribution in [1.82, 2.24) is 0 Å². The van der Waals surface area contributed by atoms with Crippen LogP contribution in [0.5, 0.6) is 5.75 Å². The summed E-state index contributed by atoms with van der Waals surface area (Å²) in [4.78, 5) is 10.4. The molecule has 0 aromatic heterocycles. The Morgan fingerprint density at radius 3 is 3.00 bits per heavy atom. The maximum Gasteiger partial charge on any atom is 0.150 e. The molecule has 0 aliphatic heterocycles. The van der Waals surface area contributed by atoms with Gasteiger partial charge in [-0.2, -0.15) is 0 Å². The smallest absolute Gasteiger partial charge is 0.150 e. The molecule has 0 amide bonds. The summed E-state index contributed by atoms with van der Waals surface area (Å²) in [5.74, 6) is 0.725. The Bertz CT molecular complexity index is 303. The molecule has 68 valence electrons. The molecule has 0 saturated carbocycles. The normalized spacial score (nSPS) is 10.2. The van der Waals surface area contributed by atoms with Crippen molar-refractivity contribution in [3.63, 3.8) is 0 Å². The van der Waals surface area contributed by atoms with Crippen LogP contribution in [-0.2, 0) is 0 Å². The Balaban J connectivity index is 2.61. The molecule has 0 bridgehead atoms. The van der Waals surface area contributed by atoms with E-state index in [1.165, 1.54) is 0 Å². The Morgan fingerprint density at radius 2 is 2.31 bits per heavy atom. The first kappa shape index (κ1) is 9.52. The van der Waals surface area contributed by atoms with Crippen LogP contribution in [0.1, 0.15) is 17.3 Å². The molecular weight excluding hydrogens is 164 g/mol. The molecule has 1 aromatic carbocycles. The van der Waals surface area contributed by atoms with E-state index in [9.17, 15) is 4.79 Å². The summed E-state index contributed by atoms with van der Waals surface area (Å²) < 4.78 is 5.34. The summed E-state index contributed by atoms with van der Waals surface area (Å²) in [6.45, 7) is 2.48. The number of hydrogen-bond acceptors (Lipinski definition) is 2. The molecule has 1 rings (SSSR count). The van der Waals surface area contributed by atoms with Gasteiger partial charge in [-0.1, -0.05) is 24.3 Å². The van der Waals surface area contributed by atoms with Gasteiger partial charge in [0.1, 0.15) is 18.6 Å². The maximum absolute atomic E-state index is 10.4. The average Bonchev–Trinajstić information content (AvgIpc) is 2.19. The predicted octanol–water partition coefficient (Wildman–Crippen LogP) is 2.45. The molecule has 0 unspecified atom stereocenters. The van der Waals surface area contributed by atoms with E-state index in [1.54, 1.807) is 18.2 Å². The molecule has 0 heterocycles. The van der Waals surface area contributed by atoms with Crippen molar-refractivity contribution in [3.8, 4) is 5.75 Å². The fourth-order valence-electron chi connectivity index (χ4n) is 0.918. The van der Waals surface area contributed by atoms with Gasteiger partial charge in [0.25, 0.3) is 0 Å². The number of hydrogen-bond donors (Lipinski definition) is 0. The molecule has 2 nitrogen and oxygen atoms in total. The fourth-order valence-corrected chi connectivity index (χ4v) is 0.918. The first-order chi connectivity index (χ1) is 6.36. The topological polar surface area (TPSA) is 26.3 Å². The number of aldehydes is 1. The minimum Gasteiger partial charge on any atom is -0.490 e. The molecule has 0 aliphatic rings. The summed E-state index contributed by atoms with van der Waals surface area (Å²) in [5.41, 5.74) is 0.637. The van der Waals surface area contributed by atoms with Crippen LogP contribution in [0, 0.1) is 0 Å². The molecule has 0 radical (unpaired) electrons. The van der Waals surface area contributed by atoms with Gasteiger partial charge in [0.15, 0.2) is 0 Å². The molecule has 0 saturated heterocycles. The Hall–Kier alpha value is -1.57. The molecule has 0 fully saturated rings. The van der Waals surface area contributed by atoms with E-state index < -0.39 is 0 Å². The van der Waals surface area contributed by atoms with Crippen LogP contribution in [0.25, 0.3) is 0 Å². The molecule has 0 atom stereocenters. The number of carbonyl (C=O) groups excluding carboxylic acids is 1. The third-order valence-electron chi connectivity index (χ3n) is 1.58. The van der Waals surface area contributed by atoms with Gasteiger partial charge in [-0.15, -0.1) is 0 Å². The lowest BCUT2D eigenvalue weighted by Crippen LogP contribution is -1.93. The average molecular weight is 176 g/mol. The van der Waals surface area contributed by atoms with Crippen molar-refractivity contribution in [2.24, 2.45) is 0 Å². The zero-order valence-electron chi connectivity index (χ0n) is 7.57. The van der Waals surface area contributed by atoms with E-state index in [0.29, 0.717) is 12.2 Å². The van der Waals surface area contributed by atoms with Crippen molar-refractivity contribution in [2.75, 3.05) is 6.61 Å². The molecular formula is C11H12O2. The van der Waals surface area contributed by atoms with Gasteiger partial charge in [-0.05, 0) is 19.1 Å². The van der Waals surface area contributed by atoms with Crippen LogP contribution < -0.4 is 4.74 Å². The van der Waals surface area contributed by atoms with Crippen LogP contribution in [-0.4, -0.2) is 12.9 Å². The highest BCUT2D eigenvalue weighted by atomic mass is 16.5. The first-order valence-corrected chi connectivity index (χ1v) is 4.16. The van der Waals surface area contributed by atoms with Crippen LogP contribution in [0.3, 0.4) is 0 Å². The van der Waals surface area contributed by atoms with Crippen LogP contribution >= 0.6 is 0 Å². The molecule has 0 aliphatic carbocycles. The Morgan fingerprint density at radius 1 is 1.46 bits per heavy atom. The molecule has 13 heavy (non-hydrogen) atoms. The molecule has 0 spiro atoms. The van der Waals surface area contributed by atoms with Crippen LogP contribution in [0.4, 0.5) is 0 Å². The maximum atomic E-state index is 10.4. The third-order valence-corrected chi connectivity index (χ3v) is 1.58. The standard InChI is InChI=1S/C11H12O2/c1-2-3-7-13-11-6-4-5-10(8-11)9-12/h2-6,8-9H,7H2,1H3. The zero-order chi connectivity index (χ0) is 9.52. The second kappa shape index (κ2) is 5.14. The lowest BCUT2D eigenvalue weighted by Gasteiger charge is -2.02. The second-order valence-corrected chi connectivity index (χ2v) is 2.57. The van der Waals surface area contributed by atoms with Crippen molar-refractivity contribution < 1.29 is 9.53 Å². The number of rotatable bonds is 4. The number of carbonyl (C=O) groups is 1. The minimum atomic E-state index is 0.540. The predicted molar refractivity (Wildman–Crippen MR) is 52.1 cm³/mol. The quantitative estimate of drug-likeness (QED) is 0.520. The lowest BCUT2D eigenvalue weighted by molar-refractivity contribution is 0.112. The second-order valence-electron chi connectivity index (χ2n) is 2.57. The highest BCUT2D eigenvalue weighted by Crippen LogP contribution is 2.11. The van der Waals surface area contributed by atoms with Gasteiger partial charge in [0, 0.05) is 5.56 Å². The summed E-state index contributed by atoms with van der Waals surface area (Å²) >= 11 is 0. The van der Waals surface area contributed by atoms with Crippen molar-refractivity contribution in [3.05, 3.63) is 42.0 Å². The van der Waals surface area contributed by atoms with Gasteiger partial charge < -0.3 is 4.74 Å². The van der Waals surface area contributed by atoms with Gasteiger partial charge in [-0.3, -0.25) is 4.79 Å². The van der Waals surface area contributed by atoms with Gasteiger partial charge in [0.05, 0.1) is 0 Å². The van der Waals surface area contributed by atoms with E-state index in [4.69, 9.17) is 4.74 Å². The van der Waals surface area contributed by atoms with Crippen LogP contribution in [0.15, 0.2) is 36.4 Å². The Kier molecular flexibility index (Phi) is 3.76. The molecule has 0 N–H and O–H groups in total. The summed E-state index contributed by atoms with van der Waals surface area (Å²) in [5, 5.41) is 0. The van der Waals surface area contributed by atoms with E-state index in [-0.39, 0.29) is 0 Å². The van der Waals surface area contributed by atoms with E-state index in [1.807, 2.05) is 25.1 Å². The number of benzene rings is 1. The van der Waals surface area contributed by atoms with Crippen molar-refractivity contribution in [2.45, 2.75) is 6.92 Å². The van der Waals surface area contributed by atoms with E-state index >= 15 is 0 Å². The SMILES string of the molecule is CC=CCOc1cccc(C=O)c1. The first-order valence-electron chi connectivity index (χ1n) is 4.16. The summed E-state index contributed by atoms with van der Waals surface area (Å²) in [6.07, 6.45) is 4.64. The monoisotopic (exact) mass is 176 g/mol. The van der Waals surface area contributed by atoms with E-state index in [2.05, 4.69) is 0 Å².